The molecule has 2 aromatic rings. The Morgan fingerprint density at radius 1 is 1.42 bits per heavy atom. The Hall–Kier alpha value is -2.17. The fourth-order valence-corrected chi connectivity index (χ4v) is 1.85. The van der Waals surface area contributed by atoms with Crippen LogP contribution in [-0.4, -0.2) is 20.6 Å². The van der Waals surface area contributed by atoms with Gasteiger partial charge in [0.2, 0.25) is 0 Å². The number of hydrogen-bond donors (Lipinski definition) is 1. The summed E-state index contributed by atoms with van der Waals surface area (Å²) in [6.45, 7) is 4.82. The molecule has 0 aliphatic carbocycles. The van der Waals surface area contributed by atoms with Gasteiger partial charge >= 0.3 is 5.97 Å². The van der Waals surface area contributed by atoms with Crippen molar-refractivity contribution in [1.82, 2.24) is 9.55 Å². The van der Waals surface area contributed by atoms with Gasteiger partial charge in [0.1, 0.15) is 0 Å². The summed E-state index contributed by atoms with van der Waals surface area (Å²) in [7, 11) is 0. The van der Waals surface area contributed by atoms with Gasteiger partial charge in [-0.25, -0.2) is 9.78 Å². The van der Waals surface area contributed by atoms with Crippen molar-refractivity contribution in [2.45, 2.75) is 26.8 Å². The summed E-state index contributed by atoms with van der Waals surface area (Å²) in [6.07, 6.45) is 2.39. The largest absolute Gasteiger partial charge is 0.478 e. The molecule has 0 unspecified atom stereocenters. The van der Waals surface area contributed by atoms with E-state index in [0.29, 0.717) is 23.4 Å². The lowest BCUT2D eigenvalue weighted by molar-refractivity contribution is 0.0697. The molecule has 0 saturated heterocycles. The molecule has 5 nitrogen and oxygen atoms in total. The third-order valence-electron chi connectivity index (χ3n) is 3.02. The van der Waals surface area contributed by atoms with E-state index in [2.05, 4.69) is 18.8 Å². The number of fused-ring (bicyclic) bond motifs is 1. The van der Waals surface area contributed by atoms with Crippen molar-refractivity contribution in [3.63, 3.8) is 0 Å². The van der Waals surface area contributed by atoms with E-state index in [1.165, 1.54) is 24.5 Å². The quantitative estimate of drug-likeness (QED) is 0.914. The first-order valence-corrected chi connectivity index (χ1v) is 6.21. The van der Waals surface area contributed by atoms with Crippen molar-refractivity contribution < 1.29 is 9.90 Å². The van der Waals surface area contributed by atoms with Gasteiger partial charge in [-0.15, -0.1) is 0 Å². The molecule has 0 spiro atoms. The molecule has 0 amide bonds. The van der Waals surface area contributed by atoms with Crippen LogP contribution in [-0.2, 0) is 6.54 Å². The molecule has 1 heterocycles. The number of carboxylic acids is 1. The van der Waals surface area contributed by atoms with E-state index in [-0.39, 0.29) is 11.1 Å². The van der Waals surface area contributed by atoms with E-state index < -0.39 is 5.97 Å². The maximum atomic E-state index is 12.2. The van der Waals surface area contributed by atoms with Gasteiger partial charge in [0, 0.05) is 6.54 Å². The summed E-state index contributed by atoms with van der Waals surface area (Å²) in [5.41, 5.74) is 0.438. The summed E-state index contributed by atoms with van der Waals surface area (Å²) in [5.74, 6) is -0.510. The third-order valence-corrected chi connectivity index (χ3v) is 3.02. The van der Waals surface area contributed by atoms with E-state index in [4.69, 9.17) is 5.11 Å². The van der Waals surface area contributed by atoms with Crippen LogP contribution < -0.4 is 5.56 Å². The van der Waals surface area contributed by atoms with E-state index in [0.717, 1.165) is 6.42 Å². The van der Waals surface area contributed by atoms with Gasteiger partial charge in [-0.05, 0) is 30.5 Å². The predicted molar refractivity (Wildman–Crippen MR) is 72.4 cm³/mol. The molecule has 5 heteroatoms. The average Bonchev–Trinajstić information content (AvgIpc) is 2.37. The normalized spacial score (nSPS) is 11.1. The zero-order chi connectivity index (χ0) is 14.0. The number of rotatable bonds is 4. The van der Waals surface area contributed by atoms with Gasteiger partial charge in [0.25, 0.3) is 5.56 Å². The first-order chi connectivity index (χ1) is 8.99. The molecule has 19 heavy (non-hydrogen) atoms. The Morgan fingerprint density at radius 3 is 2.79 bits per heavy atom. The summed E-state index contributed by atoms with van der Waals surface area (Å²) >= 11 is 0. The van der Waals surface area contributed by atoms with E-state index in [9.17, 15) is 9.59 Å². The topological polar surface area (TPSA) is 72.2 Å². The van der Waals surface area contributed by atoms with Crippen LogP contribution in [0.4, 0.5) is 0 Å². The van der Waals surface area contributed by atoms with Crippen molar-refractivity contribution in [2.24, 2.45) is 5.92 Å². The maximum absolute atomic E-state index is 12.2. The highest BCUT2D eigenvalue weighted by atomic mass is 16.4. The molecule has 0 aliphatic heterocycles. The van der Waals surface area contributed by atoms with Crippen LogP contribution in [0.5, 0.6) is 0 Å². The van der Waals surface area contributed by atoms with E-state index >= 15 is 0 Å². The maximum Gasteiger partial charge on any atom is 0.335 e. The second-order valence-electron chi connectivity index (χ2n) is 4.96. The lowest BCUT2D eigenvalue weighted by Crippen LogP contribution is -2.21. The molecule has 0 radical (unpaired) electrons. The fraction of sp³-hybridized carbons (Fsp3) is 0.357. The lowest BCUT2D eigenvalue weighted by Gasteiger charge is -2.08. The summed E-state index contributed by atoms with van der Waals surface area (Å²) in [5, 5.41) is 9.36. The summed E-state index contributed by atoms with van der Waals surface area (Å²) in [4.78, 5) is 27.2. The number of benzene rings is 1. The molecule has 1 N–H and O–H groups in total. The Kier molecular flexibility index (Phi) is 3.64. The Morgan fingerprint density at radius 2 is 2.16 bits per heavy atom. The van der Waals surface area contributed by atoms with Gasteiger partial charge in [0.05, 0.1) is 22.8 Å². The van der Waals surface area contributed by atoms with Crippen molar-refractivity contribution in [3.05, 3.63) is 40.4 Å². The van der Waals surface area contributed by atoms with Gasteiger partial charge in [-0.1, -0.05) is 13.8 Å². The molecule has 2 rings (SSSR count). The molecule has 0 bridgehead atoms. The van der Waals surface area contributed by atoms with Gasteiger partial charge in [0.15, 0.2) is 0 Å². The Bertz CT molecular complexity index is 674. The molecule has 1 aromatic carbocycles. The van der Waals surface area contributed by atoms with Crippen molar-refractivity contribution in [2.75, 3.05) is 0 Å². The molecule has 100 valence electrons. The van der Waals surface area contributed by atoms with Gasteiger partial charge in [-0.3, -0.25) is 9.36 Å². The van der Waals surface area contributed by atoms with Crippen molar-refractivity contribution in [3.8, 4) is 0 Å². The van der Waals surface area contributed by atoms with Crippen LogP contribution in [0.25, 0.3) is 10.9 Å². The molecule has 0 atom stereocenters. The highest BCUT2D eigenvalue weighted by molar-refractivity contribution is 5.92. The first-order valence-electron chi connectivity index (χ1n) is 6.21. The van der Waals surface area contributed by atoms with Crippen LogP contribution in [0.2, 0.25) is 0 Å². The van der Waals surface area contributed by atoms with Crippen molar-refractivity contribution in [1.29, 1.82) is 0 Å². The SMILES string of the molecule is CC(C)CCn1cnc2cc(C(=O)O)ccc2c1=O. The number of aromatic nitrogens is 2. The van der Waals surface area contributed by atoms with Crippen LogP contribution in [0, 0.1) is 5.92 Å². The Balaban J connectivity index is 2.45. The minimum absolute atomic E-state index is 0.123. The van der Waals surface area contributed by atoms with E-state index in [1.54, 1.807) is 4.57 Å². The second-order valence-corrected chi connectivity index (χ2v) is 4.96. The van der Waals surface area contributed by atoms with E-state index in [1.807, 2.05) is 0 Å². The van der Waals surface area contributed by atoms with Gasteiger partial charge in [-0.2, -0.15) is 0 Å². The number of aryl methyl sites for hydroxylation is 1. The molecule has 0 fully saturated rings. The number of nitrogens with zero attached hydrogens (tertiary/aromatic N) is 2. The molecule has 0 aliphatic rings. The monoisotopic (exact) mass is 260 g/mol. The average molecular weight is 260 g/mol. The molecular weight excluding hydrogens is 244 g/mol. The number of carboxylic acid groups (broad SMARTS) is 1. The number of aromatic carboxylic acids is 1. The summed E-state index contributed by atoms with van der Waals surface area (Å²) in [6, 6.07) is 4.38. The highest BCUT2D eigenvalue weighted by Gasteiger charge is 2.08. The third kappa shape index (κ3) is 2.81. The fourth-order valence-electron chi connectivity index (χ4n) is 1.85. The minimum Gasteiger partial charge on any atom is -0.478 e. The standard InChI is InChI=1S/C14H16N2O3/c1-9(2)5-6-16-8-15-12-7-10(14(18)19)3-4-11(12)13(16)17/h3-4,7-9H,5-6H2,1-2H3,(H,18,19). The molecular formula is C14H16N2O3. The summed E-state index contributed by atoms with van der Waals surface area (Å²) < 4.78 is 1.57. The van der Waals surface area contributed by atoms with Crippen LogP contribution in [0.1, 0.15) is 30.6 Å². The minimum atomic E-state index is -1.02. The number of hydrogen-bond acceptors (Lipinski definition) is 3. The van der Waals surface area contributed by atoms with Crippen LogP contribution in [0.15, 0.2) is 29.3 Å². The van der Waals surface area contributed by atoms with Crippen LogP contribution in [0.3, 0.4) is 0 Å². The molecule has 0 saturated carbocycles. The molecule has 1 aromatic heterocycles. The predicted octanol–water partition coefficient (Wildman–Crippen LogP) is 2.14. The lowest BCUT2D eigenvalue weighted by atomic mass is 10.1. The number of carbonyl (C=O) groups is 1. The Labute approximate surface area is 110 Å². The first kappa shape index (κ1) is 13.3. The highest BCUT2D eigenvalue weighted by Crippen LogP contribution is 2.10. The van der Waals surface area contributed by atoms with Crippen molar-refractivity contribution >= 4 is 16.9 Å². The zero-order valence-electron chi connectivity index (χ0n) is 11.0. The van der Waals surface area contributed by atoms with Crippen LogP contribution >= 0.6 is 0 Å². The second kappa shape index (κ2) is 5.22. The van der Waals surface area contributed by atoms with Gasteiger partial charge < -0.3 is 5.11 Å². The zero-order valence-corrected chi connectivity index (χ0v) is 11.0. The smallest absolute Gasteiger partial charge is 0.335 e.